The van der Waals surface area contributed by atoms with Crippen molar-refractivity contribution in [1.82, 2.24) is 0 Å². The average molecular weight is 253 g/mol. The van der Waals surface area contributed by atoms with Crippen LogP contribution in [0.2, 0.25) is 0 Å². The van der Waals surface area contributed by atoms with Gasteiger partial charge in [0.25, 0.3) is 0 Å². The van der Waals surface area contributed by atoms with Crippen LogP contribution in [0.5, 0.6) is 0 Å². The zero-order valence-corrected chi connectivity index (χ0v) is 12.1. The number of hydrogen-bond donors (Lipinski definition) is 0. The summed E-state index contributed by atoms with van der Waals surface area (Å²) < 4.78 is 0. The maximum Gasteiger partial charge on any atom is 0.0413 e. The molecule has 0 N–H and O–H groups in total. The predicted octanol–water partition coefficient (Wildman–Crippen LogP) is 5.26. The third-order valence-corrected chi connectivity index (χ3v) is 3.94. The largest absolute Gasteiger partial charge is 0.338 e. The Bertz CT molecular complexity index is 438. The molecule has 0 radical (unpaired) electrons. The van der Waals surface area contributed by atoms with Gasteiger partial charge in [-0.25, -0.2) is 0 Å². The summed E-state index contributed by atoms with van der Waals surface area (Å²) in [6.45, 7) is 6.90. The van der Waals surface area contributed by atoms with Crippen molar-refractivity contribution in [2.24, 2.45) is 5.92 Å². The van der Waals surface area contributed by atoms with Crippen molar-refractivity contribution in [2.75, 3.05) is 4.90 Å². The predicted molar refractivity (Wildman–Crippen MR) is 83.9 cm³/mol. The molecule has 0 heterocycles. The standard InChI is InChI=1S/C18H23N/c1-4-15(2)16(3)19(17-11-7-5-8-12-17)18-13-9-6-10-14-18/h5-16H,4H2,1-3H3. The Morgan fingerprint density at radius 2 is 1.21 bits per heavy atom. The van der Waals surface area contributed by atoms with Gasteiger partial charge in [0.15, 0.2) is 0 Å². The highest BCUT2D eigenvalue weighted by molar-refractivity contribution is 5.63. The topological polar surface area (TPSA) is 3.24 Å². The molecule has 0 aliphatic rings. The molecule has 2 unspecified atom stereocenters. The number of benzene rings is 2. The van der Waals surface area contributed by atoms with E-state index in [9.17, 15) is 0 Å². The van der Waals surface area contributed by atoms with Gasteiger partial charge in [-0.3, -0.25) is 0 Å². The molecule has 2 aromatic rings. The second-order valence-electron chi connectivity index (χ2n) is 5.17. The van der Waals surface area contributed by atoms with E-state index in [4.69, 9.17) is 0 Å². The van der Waals surface area contributed by atoms with Crippen molar-refractivity contribution in [3.05, 3.63) is 60.7 Å². The molecule has 0 aliphatic carbocycles. The van der Waals surface area contributed by atoms with Crippen molar-refractivity contribution in [1.29, 1.82) is 0 Å². The van der Waals surface area contributed by atoms with Crippen molar-refractivity contribution < 1.29 is 0 Å². The second kappa shape index (κ2) is 6.42. The molecule has 0 spiro atoms. The zero-order chi connectivity index (χ0) is 13.7. The fourth-order valence-electron chi connectivity index (χ4n) is 2.39. The Balaban J connectivity index is 2.40. The van der Waals surface area contributed by atoms with Crippen LogP contribution in [0.15, 0.2) is 60.7 Å². The van der Waals surface area contributed by atoms with Crippen LogP contribution in [-0.4, -0.2) is 6.04 Å². The highest BCUT2D eigenvalue weighted by atomic mass is 15.2. The van der Waals surface area contributed by atoms with E-state index < -0.39 is 0 Å². The molecule has 0 saturated heterocycles. The first-order valence-electron chi connectivity index (χ1n) is 7.13. The Labute approximate surface area is 116 Å². The molecule has 19 heavy (non-hydrogen) atoms. The average Bonchev–Trinajstić information content (AvgIpc) is 2.49. The monoisotopic (exact) mass is 253 g/mol. The van der Waals surface area contributed by atoms with Gasteiger partial charge in [0.1, 0.15) is 0 Å². The highest BCUT2D eigenvalue weighted by Crippen LogP contribution is 2.30. The van der Waals surface area contributed by atoms with Gasteiger partial charge in [-0.05, 0) is 37.1 Å². The summed E-state index contributed by atoms with van der Waals surface area (Å²) in [5.41, 5.74) is 2.53. The fraction of sp³-hybridized carbons (Fsp3) is 0.333. The second-order valence-corrected chi connectivity index (χ2v) is 5.17. The van der Waals surface area contributed by atoms with Crippen LogP contribution < -0.4 is 4.90 Å². The molecular formula is C18H23N. The van der Waals surface area contributed by atoms with Gasteiger partial charge < -0.3 is 4.90 Å². The van der Waals surface area contributed by atoms with Crippen molar-refractivity contribution >= 4 is 11.4 Å². The summed E-state index contributed by atoms with van der Waals surface area (Å²) in [7, 11) is 0. The fourth-order valence-corrected chi connectivity index (χ4v) is 2.39. The Morgan fingerprint density at radius 3 is 1.58 bits per heavy atom. The number of rotatable bonds is 5. The highest BCUT2D eigenvalue weighted by Gasteiger charge is 2.20. The normalized spacial score (nSPS) is 13.8. The number of para-hydroxylation sites is 2. The van der Waals surface area contributed by atoms with Crippen LogP contribution in [0, 0.1) is 5.92 Å². The molecule has 0 amide bonds. The summed E-state index contributed by atoms with van der Waals surface area (Å²) >= 11 is 0. The summed E-state index contributed by atoms with van der Waals surface area (Å²) in [6, 6.07) is 21.8. The van der Waals surface area contributed by atoms with Gasteiger partial charge in [-0.2, -0.15) is 0 Å². The number of anilines is 2. The minimum atomic E-state index is 0.481. The minimum Gasteiger partial charge on any atom is -0.338 e. The van der Waals surface area contributed by atoms with E-state index in [0.717, 1.165) is 0 Å². The minimum absolute atomic E-state index is 0.481. The number of hydrogen-bond acceptors (Lipinski definition) is 1. The molecule has 2 aromatic carbocycles. The van der Waals surface area contributed by atoms with Gasteiger partial charge >= 0.3 is 0 Å². The Kier molecular flexibility index (Phi) is 4.62. The molecule has 1 nitrogen and oxygen atoms in total. The molecule has 0 aromatic heterocycles. The first-order valence-corrected chi connectivity index (χ1v) is 7.13. The molecule has 0 saturated carbocycles. The maximum atomic E-state index is 2.44. The maximum absolute atomic E-state index is 2.44. The third kappa shape index (κ3) is 3.17. The Morgan fingerprint density at radius 1 is 0.789 bits per heavy atom. The van der Waals surface area contributed by atoms with Gasteiger partial charge in [0, 0.05) is 17.4 Å². The van der Waals surface area contributed by atoms with E-state index in [2.05, 4.69) is 86.3 Å². The molecule has 1 heteroatoms. The first kappa shape index (κ1) is 13.7. The summed E-state index contributed by atoms with van der Waals surface area (Å²) in [5, 5.41) is 0. The van der Waals surface area contributed by atoms with E-state index in [1.54, 1.807) is 0 Å². The van der Waals surface area contributed by atoms with Crippen LogP contribution in [0.25, 0.3) is 0 Å². The van der Waals surface area contributed by atoms with Crippen LogP contribution >= 0.6 is 0 Å². The summed E-state index contributed by atoms with van der Waals surface area (Å²) in [4.78, 5) is 2.44. The van der Waals surface area contributed by atoms with Crippen LogP contribution in [-0.2, 0) is 0 Å². The van der Waals surface area contributed by atoms with Crippen LogP contribution in [0.1, 0.15) is 27.2 Å². The van der Waals surface area contributed by atoms with Gasteiger partial charge in [-0.15, -0.1) is 0 Å². The Hall–Kier alpha value is -1.76. The lowest BCUT2D eigenvalue weighted by Crippen LogP contribution is -2.33. The lowest BCUT2D eigenvalue weighted by Gasteiger charge is -2.35. The van der Waals surface area contributed by atoms with E-state index in [-0.39, 0.29) is 0 Å². The smallest absolute Gasteiger partial charge is 0.0413 e. The number of nitrogens with zero attached hydrogens (tertiary/aromatic N) is 1. The van der Waals surface area contributed by atoms with Crippen molar-refractivity contribution in [3.63, 3.8) is 0 Å². The van der Waals surface area contributed by atoms with Crippen molar-refractivity contribution in [2.45, 2.75) is 33.2 Å². The van der Waals surface area contributed by atoms with Gasteiger partial charge in [0.05, 0.1) is 0 Å². The van der Waals surface area contributed by atoms with Crippen LogP contribution in [0.3, 0.4) is 0 Å². The van der Waals surface area contributed by atoms with E-state index in [0.29, 0.717) is 12.0 Å². The quantitative estimate of drug-likeness (QED) is 0.702. The third-order valence-electron chi connectivity index (χ3n) is 3.94. The molecule has 0 bridgehead atoms. The van der Waals surface area contributed by atoms with E-state index in [1.807, 2.05) is 0 Å². The first-order chi connectivity index (χ1) is 9.24. The molecule has 0 aliphatic heterocycles. The summed E-state index contributed by atoms with van der Waals surface area (Å²) in [5.74, 6) is 0.653. The van der Waals surface area contributed by atoms with Gasteiger partial charge in [0.2, 0.25) is 0 Å². The molecule has 100 valence electrons. The SMILES string of the molecule is CCC(C)C(C)N(c1ccccc1)c1ccccc1. The zero-order valence-electron chi connectivity index (χ0n) is 12.1. The van der Waals surface area contributed by atoms with E-state index in [1.165, 1.54) is 17.8 Å². The molecule has 2 atom stereocenters. The van der Waals surface area contributed by atoms with Gasteiger partial charge in [-0.1, -0.05) is 56.7 Å². The lowest BCUT2D eigenvalue weighted by atomic mass is 9.98. The lowest BCUT2D eigenvalue weighted by molar-refractivity contribution is 0.463. The summed E-state index contributed by atoms with van der Waals surface area (Å²) in [6.07, 6.45) is 1.19. The molecular weight excluding hydrogens is 230 g/mol. The molecule has 2 rings (SSSR count). The molecule has 0 fully saturated rings. The van der Waals surface area contributed by atoms with Crippen molar-refractivity contribution in [3.8, 4) is 0 Å². The van der Waals surface area contributed by atoms with Crippen LogP contribution in [0.4, 0.5) is 11.4 Å². The van der Waals surface area contributed by atoms with E-state index >= 15 is 0 Å².